The molecule has 0 spiro atoms. The Bertz CT molecular complexity index is 261. The lowest BCUT2D eigenvalue weighted by molar-refractivity contribution is -0.137. The second-order valence-electron chi connectivity index (χ2n) is 4.57. The van der Waals surface area contributed by atoms with E-state index in [0.29, 0.717) is 6.54 Å². The fourth-order valence-electron chi connectivity index (χ4n) is 1.66. The minimum atomic E-state index is -0.998. The second-order valence-corrected chi connectivity index (χ2v) is 4.57. The maximum atomic E-state index is 11.4. The van der Waals surface area contributed by atoms with E-state index >= 15 is 0 Å². The number of aliphatic carboxylic acids is 1. The largest absolute Gasteiger partial charge is 0.480 e. The molecule has 0 aromatic rings. The molecule has 0 unspecified atom stereocenters. The molecule has 0 aromatic carbocycles. The molecule has 0 atom stereocenters. The molecule has 1 aliphatic carbocycles. The molecule has 5 heteroatoms. The number of carboxylic acids is 1. The molecule has 2 amide bonds. The minimum Gasteiger partial charge on any atom is -0.480 e. The Balaban J connectivity index is 2.25. The van der Waals surface area contributed by atoms with Gasteiger partial charge in [0.15, 0.2) is 0 Å². The first-order valence-electron chi connectivity index (χ1n) is 5.14. The Hall–Kier alpha value is -1.26. The topological polar surface area (TPSA) is 69.6 Å². The van der Waals surface area contributed by atoms with Crippen molar-refractivity contribution >= 4 is 12.0 Å². The van der Waals surface area contributed by atoms with Crippen LogP contribution in [0, 0.1) is 5.41 Å². The number of urea groups is 1. The van der Waals surface area contributed by atoms with E-state index in [0.717, 1.165) is 12.8 Å². The van der Waals surface area contributed by atoms with Gasteiger partial charge in [-0.15, -0.1) is 0 Å². The van der Waals surface area contributed by atoms with E-state index < -0.39 is 5.97 Å². The van der Waals surface area contributed by atoms with Gasteiger partial charge in [-0.05, 0) is 18.3 Å². The maximum absolute atomic E-state index is 11.4. The van der Waals surface area contributed by atoms with Crippen molar-refractivity contribution in [3.05, 3.63) is 0 Å². The third kappa shape index (κ3) is 3.42. The van der Waals surface area contributed by atoms with Crippen LogP contribution in [0.2, 0.25) is 0 Å². The molecule has 0 bridgehead atoms. The van der Waals surface area contributed by atoms with Gasteiger partial charge >= 0.3 is 12.0 Å². The number of rotatable bonds is 4. The van der Waals surface area contributed by atoms with Crippen LogP contribution in [-0.4, -0.2) is 42.1 Å². The first-order valence-corrected chi connectivity index (χ1v) is 5.14. The highest BCUT2D eigenvalue weighted by atomic mass is 16.4. The first-order chi connectivity index (χ1) is 6.93. The highest BCUT2D eigenvalue weighted by molar-refractivity contribution is 5.79. The van der Waals surface area contributed by atoms with Crippen molar-refractivity contribution in [2.75, 3.05) is 20.1 Å². The van der Waals surface area contributed by atoms with Gasteiger partial charge in [0, 0.05) is 13.6 Å². The maximum Gasteiger partial charge on any atom is 0.323 e. The summed E-state index contributed by atoms with van der Waals surface area (Å²) < 4.78 is 0. The highest BCUT2D eigenvalue weighted by Crippen LogP contribution is 2.39. The minimum absolute atomic E-state index is 0.222. The summed E-state index contributed by atoms with van der Waals surface area (Å²) in [6.07, 6.45) is 3.49. The number of nitrogens with zero attached hydrogens (tertiary/aromatic N) is 1. The number of hydrogen-bond acceptors (Lipinski definition) is 2. The summed E-state index contributed by atoms with van der Waals surface area (Å²) in [7, 11) is 1.48. The van der Waals surface area contributed by atoms with Crippen molar-refractivity contribution in [2.45, 2.75) is 26.2 Å². The Morgan fingerprint density at radius 1 is 1.47 bits per heavy atom. The van der Waals surface area contributed by atoms with Crippen molar-refractivity contribution in [2.24, 2.45) is 5.41 Å². The van der Waals surface area contributed by atoms with Crippen LogP contribution < -0.4 is 5.32 Å². The van der Waals surface area contributed by atoms with Crippen LogP contribution in [-0.2, 0) is 4.79 Å². The summed E-state index contributed by atoms with van der Waals surface area (Å²) in [4.78, 5) is 22.9. The standard InChI is InChI=1S/C10H18N2O3/c1-10(4-3-5-10)7-11-9(15)12(2)6-8(13)14/h3-7H2,1-2H3,(H,11,15)(H,13,14). The third-order valence-electron chi connectivity index (χ3n) is 2.95. The average Bonchev–Trinajstić information content (AvgIpc) is 2.10. The van der Waals surface area contributed by atoms with Gasteiger partial charge in [-0.25, -0.2) is 4.79 Å². The van der Waals surface area contributed by atoms with E-state index in [4.69, 9.17) is 5.11 Å². The molecule has 5 nitrogen and oxygen atoms in total. The van der Waals surface area contributed by atoms with Crippen LogP contribution in [0.15, 0.2) is 0 Å². The Kier molecular flexibility index (Phi) is 3.55. The zero-order valence-corrected chi connectivity index (χ0v) is 9.25. The SMILES string of the molecule is CN(CC(=O)O)C(=O)NCC1(C)CCC1. The second kappa shape index (κ2) is 4.51. The molecule has 2 N–H and O–H groups in total. The number of carbonyl (C=O) groups excluding carboxylic acids is 1. The molecule has 0 radical (unpaired) electrons. The van der Waals surface area contributed by atoms with Gasteiger partial charge < -0.3 is 15.3 Å². The molecule has 0 saturated heterocycles. The summed E-state index contributed by atoms with van der Waals surface area (Å²) in [6.45, 7) is 2.51. The molecule has 1 saturated carbocycles. The number of amides is 2. The molecular formula is C10H18N2O3. The van der Waals surface area contributed by atoms with Crippen LogP contribution in [0.1, 0.15) is 26.2 Å². The Morgan fingerprint density at radius 2 is 2.07 bits per heavy atom. The number of carboxylic acid groups (broad SMARTS) is 1. The number of hydrogen-bond donors (Lipinski definition) is 2. The van der Waals surface area contributed by atoms with Gasteiger partial charge in [-0.1, -0.05) is 13.3 Å². The average molecular weight is 214 g/mol. The van der Waals surface area contributed by atoms with Gasteiger partial charge in [0.05, 0.1) is 0 Å². The van der Waals surface area contributed by atoms with E-state index in [1.165, 1.54) is 18.4 Å². The van der Waals surface area contributed by atoms with Crippen molar-refractivity contribution in [3.8, 4) is 0 Å². The number of nitrogens with one attached hydrogen (secondary N) is 1. The third-order valence-corrected chi connectivity index (χ3v) is 2.95. The molecule has 0 aromatic heterocycles. The van der Waals surface area contributed by atoms with E-state index in [-0.39, 0.29) is 18.0 Å². The predicted octanol–water partition coefficient (Wildman–Crippen LogP) is 0.903. The fraction of sp³-hybridized carbons (Fsp3) is 0.800. The quantitative estimate of drug-likeness (QED) is 0.730. The summed E-state index contributed by atoms with van der Waals surface area (Å²) in [5.41, 5.74) is 0.222. The summed E-state index contributed by atoms with van der Waals surface area (Å²) in [5.74, 6) is -0.998. The lowest BCUT2D eigenvalue weighted by atomic mass is 9.70. The predicted molar refractivity (Wildman–Crippen MR) is 55.6 cm³/mol. The summed E-state index contributed by atoms with van der Waals surface area (Å²) in [5, 5.41) is 11.3. The molecule has 15 heavy (non-hydrogen) atoms. The lowest BCUT2D eigenvalue weighted by Gasteiger charge is -2.38. The zero-order chi connectivity index (χ0) is 11.5. The molecule has 1 aliphatic rings. The van der Waals surface area contributed by atoms with Crippen molar-refractivity contribution < 1.29 is 14.7 Å². The van der Waals surface area contributed by atoms with Crippen LogP contribution in [0.4, 0.5) is 4.79 Å². The van der Waals surface area contributed by atoms with Gasteiger partial charge in [0.2, 0.25) is 0 Å². The summed E-state index contributed by atoms with van der Waals surface area (Å²) in [6, 6.07) is -0.314. The zero-order valence-electron chi connectivity index (χ0n) is 9.25. The van der Waals surface area contributed by atoms with Crippen LogP contribution in [0.25, 0.3) is 0 Å². The highest BCUT2D eigenvalue weighted by Gasteiger charge is 2.32. The molecular weight excluding hydrogens is 196 g/mol. The first kappa shape index (κ1) is 11.8. The van der Waals surface area contributed by atoms with E-state index in [9.17, 15) is 9.59 Å². The van der Waals surface area contributed by atoms with Crippen molar-refractivity contribution in [3.63, 3.8) is 0 Å². The van der Waals surface area contributed by atoms with E-state index in [1.807, 2.05) is 0 Å². The van der Waals surface area contributed by atoms with Crippen LogP contribution in [0.3, 0.4) is 0 Å². The molecule has 1 fully saturated rings. The molecule has 86 valence electrons. The van der Waals surface area contributed by atoms with Crippen molar-refractivity contribution in [1.82, 2.24) is 10.2 Å². The van der Waals surface area contributed by atoms with E-state index in [2.05, 4.69) is 12.2 Å². The molecule has 0 aliphatic heterocycles. The van der Waals surface area contributed by atoms with Gasteiger partial charge in [0.1, 0.15) is 6.54 Å². The Morgan fingerprint density at radius 3 is 2.47 bits per heavy atom. The molecule has 1 rings (SSSR count). The summed E-state index contributed by atoms with van der Waals surface area (Å²) >= 11 is 0. The van der Waals surface area contributed by atoms with Crippen molar-refractivity contribution in [1.29, 1.82) is 0 Å². The van der Waals surface area contributed by atoms with Gasteiger partial charge in [-0.3, -0.25) is 4.79 Å². The van der Waals surface area contributed by atoms with Crippen LogP contribution >= 0.6 is 0 Å². The lowest BCUT2D eigenvalue weighted by Crippen LogP contribution is -2.46. The number of carbonyl (C=O) groups is 2. The van der Waals surface area contributed by atoms with Gasteiger partial charge in [-0.2, -0.15) is 0 Å². The smallest absolute Gasteiger partial charge is 0.323 e. The number of likely N-dealkylation sites (N-methyl/N-ethyl adjacent to an activating group) is 1. The van der Waals surface area contributed by atoms with Gasteiger partial charge in [0.25, 0.3) is 0 Å². The normalized spacial score (nSPS) is 17.7. The monoisotopic (exact) mass is 214 g/mol. The Labute approximate surface area is 89.4 Å². The fourth-order valence-corrected chi connectivity index (χ4v) is 1.66. The van der Waals surface area contributed by atoms with Crippen LogP contribution in [0.5, 0.6) is 0 Å². The van der Waals surface area contributed by atoms with E-state index in [1.54, 1.807) is 0 Å². The molecule has 0 heterocycles.